The second-order valence-electron chi connectivity index (χ2n) is 9.71. The van der Waals surface area contributed by atoms with E-state index in [2.05, 4.69) is 25.9 Å². The summed E-state index contributed by atoms with van der Waals surface area (Å²) < 4.78 is 0.818. The summed E-state index contributed by atoms with van der Waals surface area (Å²) in [4.78, 5) is 84.6. The number of hydrogen-bond donors (Lipinski definition) is 6. The second kappa shape index (κ2) is 17.4. The van der Waals surface area contributed by atoms with Gasteiger partial charge in [0.25, 0.3) is 0 Å². The molecule has 2 rings (SSSR count). The Hall–Kier alpha value is -4.60. The zero-order valence-corrected chi connectivity index (χ0v) is 25.1. The van der Waals surface area contributed by atoms with Crippen molar-refractivity contribution < 1.29 is 28.8 Å². The molecule has 2 aromatic rings. The minimum atomic E-state index is -1.17. The minimum absolute atomic E-state index is 0.0955. The number of rotatable bonds is 18. The highest BCUT2D eigenvalue weighted by Gasteiger charge is 2.30. The molecule has 1 aromatic heterocycles. The third-order valence-corrected chi connectivity index (χ3v) is 7.10. The molecule has 16 heteroatoms. The number of aliphatic imine (C=N–C) groups is 1. The number of guanidine groups is 1. The standard InChI is InChI=1S/C27H39N9O6S/c1-3-13-36(26(42)19(10-11-21(28)38)34-22(39)14-32-16(2)37)15-23(40)33-18(8-6-12-31-27(29)30)24(41)25-35-17-7-4-5-9-20(17)43-25/h4-5,7,9,18-19H,3,6,8,10-15H2,1-2H3,(H2,28,38)(H,32,37)(H,33,40)(H,34,39)(H4,29,30,31). The number of hydrogen-bond acceptors (Lipinski definition) is 9. The molecule has 1 aromatic carbocycles. The van der Waals surface area contributed by atoms with Crippen molar-refractivity contribution in [1.29, 1.82) is 0 Å². The number of nitrogens with zero attached hydrogens (tertiary/aromatic N) is 3. The molecule has 15 nitrogen and oxygen atoms in total. The van der Waals surface area contributed by atoms with Gasteiger partial charge < -0.3 is 38.1 Å². The van der Waals surface area contributed by atoms with Crippen molar-refractivity contribution in [3.8, 4) is 0 Å². The number of thiazole rings is 1. The first-order valence-corrected chi connectivity index (χ1v) is 14.6. The number of primary amides is 1. The average Bonchev–Trinajstić information content (AvgIpc) is 3.39. The molecule has 9 N–H and O–H groups in total. The SMILES string of the molecule is CCCN(CC(=O)NC(CCCN=C(N)N)C(=O)c1nc2ccccc2s1)C(=O)C(CCC(N)=O)NC(=O)CNC(C)=O. The van der Waals surface area contributed by atoms with Crippen molar-refractivity contribution in [3.63, 3.8) is 0 Å². The van der Waals surface area contributed by atoms with Gasteiger partial charge in [-0.25, -0.2) is 4.98 Å². The van der Waals surface area contributed by atoms with Crippen molar-refractivity contribution in [1.82, 2.24) is 25.8 Å². The van der Waals surface area contributed by atoms with E-state index in [1.54, 1.807) is 13.0 Å². The maximum Gasteiger partial charge on any atom is 0.245 e. The number of carbonyl (C=O) groups is 6. The normalized spacial score (nSPS) is 12.0. The molecular formula is C27H39N9O6S. The van der Waals surface area contributed by atoms with Gasteiger partial charge in [0.15, 0.2) is 11.0 Å². The molecule has 0 aliphatic carbocycles. The van der Waals surface area contributed by atoms with Crippen molar-refractivity contribution >= 4 is 62.8 Å². The van der Waals surface area contributed by atoms with Gasteiger partial charge >= 0.3 is 0 Å². The molecule has 43 heavy (non-hydrogen) atoms. The van der Waals surface area contributed by atoms with Gasteiger partial charge in [0.1, 0.15) is 6.04 Å². The molecule has 0 aliphatic rings. The molecule has 0 fully saturated rings. The highest BCUT2D eigenvalue weighted by atomic mass is 32.1. The molecular weight excluding hydrogens is 578 g/mol. The van der Waals surface area contributed by atoms with Crippen LogP contribution in [0.15, 0.2) is 29.3 Å². The maximum atomic E-state index is 13.5. The molecule has 0 spiro atoms. The van der Waals surface area contributed by atoms with E-state index < -0.39 is 53.9 Å². The highest BCUT2D eigenvalue weighted by molar-refractivity contribution is 7.20. The van der Waals surface area contributed by atoms with Crippen molar-refractivity contribution in [2.45, 2.75) is 58.0 Å². The van der Waals surface area contributed by atoms with Crippen LogP contribution in [0.1, 0.15) is 55.8 Å². The van der Waals surface area contributed by atoms with E-state index in [4.69, 9.17) is 17.2 Å². The van der Waals surface area contributed by atoms with Crippen LogP contribution in [0.4, 0.5) is 0 Å². The fourth-order valence-corrected chi connectivity index (χ4v) is 5.02. The van der Waals surface area contributed by atoms with Gasteiger partial charge in [0.05, 0.1) is 29.3 Å². The monoisotopic (exact) mass is 617 g/mol. The fourth-order valence-electron chi connectivity index (χ4n) is 4.06. The predicted molar refractivity (Wildman–Crippen MR) is 162 cm³/mol. The van der Waals surface area contributed by atoms with Gasteiger partial charge in [-0.05, 0) is 37.8 Å². The Morgan fingerprint density at radius 2 is 1.70 bits per heavy atom. The summed E-state index contributed by atoms with van der Waals surface area (Å²) >= 11 is 1.21. The van der Waals surface area contributed by atoms with Crippen LogP contribution >= 0.6 is 11.3 Å². The zero-order valence-electron chi connectivity index (χ0n) is 24.3. The zero-order chi connectivity index (χ0) is 31.9. The Labute approximate surface area is 253 Å². The summed E-state index contributed by atoms with van der Waals surface area (Å²) in [6.45, 7) is 2.64. The largest absolute Gasteiger partial charge is 0.370 e. The number of benzene rings is 1. The van der Waals surface area contributed by atoms with Crippen LogP contribution in [0.5, 0.6) is 0 Å². The number of para-hydroxylation sites is 1. The van der Waals surface area contributed by atoms with E-state index in [0.29, 0.717) is 18.4 Å². The minimum Gasteiger partial charge on any atom is -0.370 e. The predicted octanol–water partition coefficient (Wildman–Crippen LogP) is -0.858. The number of amides is 5. The van der Waals surface area contributed by atoms with Crippen LogP contribution in [0.2, 0.25) is 0 Å². The summed E-state index contributed by atoms with van der Waals surface area (Å²) in [6, 6.07) is 5.13. The van der Waals surface area contributed by atoms with E-state index in [1.165, 1.54) is 23.2 Å². The molecule has 2 unspecified atom stereocenters. The molecule has 0 aliphatic heterocycles. The lowest BCUT2D eigenvalue weighted by molar-refractivity contribution is -0.140. The van der Waals surface area contributed by atoms with E-state index in [9.17, 15) is 28.8 Å². The Kier molecular flexibility index (Phi) is 14.0. The first-order valence-electron chi connectivity index (χ1n) is 13.8. The third-order valence-electron chi connectivity index (χ3n) is 6.05. The fraction of sp³-hybridized carbons (Fsp3) is 0.481. The lowest BCUT2D eigenvalue weighted by Crippen LogP contribution is -2.54. The molecule has 0 radical (unpaired) electrons. The number of aromatic nitrogens is 1. The van der Waals surface area contributed by atoms with E-state index >= 15 is 0 Å². The molecule has 5 amide bonds. The summed E-state index contributed by atoms with van der Waals surface area (Å²) in [5.74, 6) is -3.48. The molecule has 0 saturated carbocycles. The van der Waals surface area contributed by atoms with E-state index in [1.807, 2.05) is 18.2 Å². The molecule has 0 saturated heterocycles. The van der Waals surface area contributed by atoms with Crippen LogP contribution in [-0.4, -0.2) is 89.4 Å². The first kappa shape index (κ1) is 34.6. The maximum absolute atomic E-state index is 13.5. The Bertz CT molecular complexity index is 1310. The van der Waals surface area contributed by atoms with Crippen molar-refractivity contribution in [2.75, 3.05) is 26.2 Å². The Morgan fingerprint density at radius 1 is 1.00 bits per heavy atom. The van der Waals surface area contributed by atoms with E-state index in [-0.39, 0.29) is 49.9 Å². The Balaban J connectivity index is 2.21. The number of ketones is 1. The molecule has 2 atom stereocenters. The molecule has 234 valence electrons. The molecule has 1 heterocycles. The topological polar surface area (TPSA) is 245 Å². The number of fused-ring (bicyclic) bond motifs is 1. The summed E-state index contributed by atoms with van der Waals surface area (Å²) in [5.41, 5.74) is 16.7. The summed E-state index contributed by atoms with van der Waals surface area (Å²) in [6.07, 6.45) is 0.767. The number of nitrogens with one attached hydrogen (secondary N) is 3. The smallest absolute Gasteiger partial charge is 0.245 e. The summed E-state index contributed by atoms with van der Waals surface area (Å²) in [7, 11) is 0. The second-order valence-corrected chi connectivity index (χ2v) is 10.7. The van der Waals surface area contributed by atoms with Gasteiger partial charge in [-0.2, -0.15) is 0 Å². The highest BCUT2D eigenvalue weighted by Crippen LogP contribution is 2.23. The van der Waals surface area contributed by atoms with Crippen molar-refractivity contribution in [3.05, 3.63) is 29.3 Å². The average molecular weight is 618 g/mol. The van der Waals surface area contributed by atoms with Crippen LogP contribution in [0.25, 0.3) is 10.2 Å². The first-order chi connectivity index (χ1) is 20.4. The number of carbonyl (C=O) groups excluding carboxylic acids is 6. The van der Waals surface area contributed by atoms with Gasteiger partial charge in [-0.1, -0.05) is 19.1 Å². The van der Waals surface area contributed by atoms with E-state index in [0.717, 1.165) is 4.70 Å². The number of nitrogens with two attached hydrogens (primary N) is 3. The van der Waals surface area contributed by atoms with Crippen molar-refractivity contribution in [2.24, 2.45) is 22.2 Å². The quantitative estimate of drug-likeness (QED) is 0.0527. The van der Waals surface area contributed by atoms with Gasteiger partial charge in [-0.3, -0.25) is 33.8 Å². The van der Waals surface area contributed by atoms with Crippen LogP contribution in [0, 0.1) is 0 Å². The third kappa shape index (κ3) is 12.0. The van der Waals surface area contributed by atoms with Crippen LogP contribution < -0.4 is 33.2 Å². The van der Waals surface area contributed by atoms with Gasteiger partial charge in [0, 0.05) is 26.4 Å². The lowest BCUT2D eigenvalue weighted by atomic mass is 10.1. The van der Waals surface area contributed by atoms with Gasteiger partial charge in [0.2, 0.25) is 35.3 Å². The summed E-state index contributed by atoms with van der Waals surface area (Å²) in [5, 5.41) is 7.77. The Morgan fingerprint density at radius 3 is 2.33 bits per heavy atom. The van der Waals surface area contributed by atoms with Crippen LogP contribution in [0.3, 0.4) is 0 Å². The van der Waals surface area contributed by atoms with Crippen LogP contribution in [-0.2, 0) is 24.0 Å². The lowest BCUT2D eigenvalue weighted by Gasteiger charge is -2.28. The number of Topliss-reactive ketones (excluding diaryl/α,β-unsaturated/α-hetero) is 1. The van der Waals surface area contributed by atoms with Gasteiger partial charge in [-0.15, -0.1) is 11.3 Å². The molecule has 0 bridgehead atoms.